The Hall–Kier alpha value is -1.87. The van der Waals surface area contributed by atoms with E-state index in [4.69, 9.17) is 10.5 Å². The van der Waals surface area contributed by atoms with E-state index in [1.807, 2.05) is 5.32 Å². The molecule has 0 atom stereocenters. The summed E-state index contributed by atoms with van der Waals surface area (Å²) in [6, 6.07) is -0.176. The van der Waals surface area contributed by atoms with Gasteiger partial charge in [-0.3, -0.25) is 0 Å². The highest BCUT2D eigenvalue weighted by Gasteiger charge is 2.40. The standard InChI is InChI=1S/C9H13F4N5O/c1-4(2)19-8-17-6(14)16-7(18-8)15-3-9(12,13)5(10)11/h4-5H,3H2,1-2H3,(H3,14,15,16,17,18). The second-order valence-electron chi connectivity index (χ2n) is 3.88. The number of hydrogen-bond acceptors (Lipinski definition) is 6. The molecule has 0 aliphatic heterocycles. The molecule has 0 bridgehead atoms. The smallest absolute Gasteiger partial charge is 0.324 e. The van der Waals surface area contributed by atoms with Crippen LogP contribution in [0.15, 0.2) is 0 Å². The average molecular weight is 283 g/mol. The van der Waals surface area contributed by atoms with Crippen molar-refractivity contribution in [2.75, 3.05) is 17.6 Å². The van der Waals surface area contributed by atoms with Gasteiger partial charge in [0.2, 0.25) is 11.9 Å². The summed E-state index contributed by atoms with van der Waals surface area (Å²) in [6.45, 7) is 2.06. The predicted octanol–water partition coefficient (Wildman–Crippen LogP) is 1.55. The van der Waals surface area contributed by atoms with Crippen molar-refractivity contribution < 1.29 is 22.3 Å². The Kier molecular flexibility index (Phi) is 4.67. The van der Waals surface area contributed by atoms with Gasteiger partial charge in [-0.2, -0.15) is 23.7 Å². The number of rotatable bonds is 6. The van der Waals surface area contributed by atoms with E-state index in [0.717, 1.165) is 0 Å². The van der Waals surface area contributed by atoms with Crippen molar-refractivity contribution in [1.29, 1.82) is 0 Å². The number of halogens is 4. The number of nitrogen functional groups attached to an aromatic ring is 1. The van der Waals surface area contributed by atoms with E-state index in [0.29, 0.717) is 0 Å². The molecule has 1 heterocycles. The second kappa shape index (κ2) is 5.85. The first-order chi connectivity index (χ1) is 8.70. The Morgan fingerprint density at radius 3 is 2.42 bits per heavy atom. The van der Waals surface area contributed by atoms with Crippen molar-refractivity contribution >= 4 is 11.9 Å². The molecule has 0 aliphatic carbocycles. The molecule has 0 unspecified atom stereocenters. The van der Waals surface area contributed by atoms with Gasteiger partial charge in [0.15, 0.2) is 0 Å². The van der Waals surface area contributed by atoms with E-state index in [2.05, 4.69) is 15.0 Å². The lowest BCUT2D eigenvalue weighted by molar-refractivity contribution is -0.117. The van der Waals surface area contributed by atoms with Gasteiger partial charge in [0, 0.05) is 0 Å². The molecule has 1 aromatic heterocycles. The highest BCUT2D eigenvalue weighted by atomic mass is 19.3. The zero-order valence-electron chi connectivity index (χ0n) is 10.2. The Morgan fingerprint density at radius 1 is 1.26 bits per heavy atom. The third-order valence-corrected chi connectivity index (χ3v) is 1.77. The highest BCUT2D eigenvalue weighted by Crippen LogP contribution is 2.23. The first kappa shape index (κ1) is 15.2. The molecule has 6 nitrogen and oxygen atoms in total. The first-order valence-corrected chi connectivity index (χ1v) is 5.29. The summed E-state index contributed by atoms with van der Waals surface area (Å²) in [4.78, 5) is 10.7. The van der Waals surface area contributed by atoms with Gasteiger partial charge in [-0.25, -0.2) is 8.78 Å². The van der Waals surface area contributed by atoms with E-state index in [1.165, 1.54) is 0 Å². The van der Waals surface area contributed by atoms with Gasteiger partial charge in [0.05, 0.1) is 12.6 Å². The van der Waals surface area contributed by atoms with Crippen molar-refractivity contribution in [1.82, 2.24) is 15.0 Å². The lowest BCUT2D eigenvalue weighted by Gasteiger charge is -2.16. The van der Waals surface area contributed by atoms with Crippen LogP contribution in [0, 0.1) is 0 Å². The number of nitrogens with zero attached hydrogens (tertiary/aromatic N) is 3. The van der Waals surface area contributed by atoms with Gasteiger partial charge in [0.25, 0.3) is 0 Å². The monoisotopic (exact) mass is 283 g/mol. The molecular weight excluding hydrogens is 270 g/mol. The van der Waals surface area contributed by atoms with E-state index < -0.39 is 18.9 Å². The minimum atomic E-state index is -4.19. The normalized spacial score (nSPS) is 12.0. The molecule has 1 aromatic rings. The molecule has 0 aromatic carbocycles. The summed E-state index contributed by atoms with van der Waals surface area (Å²) in [5.74, 6) is -4.82. The SMILES string of the molecule is CC(C)Oc1nc(N)nc(NCC(F)(F)C(F)F)n1. The minimum Gasteiger partial charge on any atom is -0.461 e. The summed E-state index contributed by atoms with van der Waals surface area (Å²) < 4.78 is 54.4. The predicted molar refractivity (Wildman–Crippen MR) is 59.4 cm³/mol. The Labute approximate surface area is 106 Å². The fraction of sp³-hybridized carbons (Fsp3) is 0.667. The van der Waals surface area contributed by atoms with Gasteiger partial charge in [0.1, 0.15) is 0 Å². The molecule has 0 saturated carbocycles. The fourth-order valence-corrected chi connectivity index (χ4v) is 0.989. The number of ether oxygens (including phenoxy) is 1. The van der Waals surface area contributed by atoms with E-state index >= 15 is 0 Å². The molecule has 0 fully saturated rings. The van der Waals surface area contributed by atoms with Gasteiger partial charge in [-0.05, 0) is 13.8 Å². The molecule has 108 valence electrons. The van der Waals surface area contributed by atoms with Crippen LogP contribution < -0.4 is 15.8 Å². The number of nitrogens with one attached hydrogen (secondary N) is 1. The van der Waals surface area contributed by atoms with Crippen LogP contribution in [-0.4, -0.2) is 39.9 Å². The Morgan fingerprint density at radius 2 is 1.89 bits per heavy atom. The van der Waals surface area contributed by atoms with Crippen molar-refractivity contribution in [3.63, 3.8) is 0 Å². The number of hydrogen-bond donors (Lipinski definition) is 2. The van der Waals surface area contributed by atoms with E-state index in [-0.39, 0.29) is 24.0 Å². The lowest BCUT2D eigenvalue weighted by atomic mass is 10.3. The van der Waals surface area contributed by atoms with Crippen molar-refractivity contribution in [2.45, 2.75) is 32.3 Å². The third kappa shape index (κ3) is 4.72. The number of aromatic nitrogens is 3. The van der Waals surface area contributed by atoms with Gasteiger partial charge >= 0.3 is 18.4 Å². The summed E-state index contributed by atoms with van der Waals surface area (Å²) in [7, 11) is 0. The number of anilines is 2. The maximum atomic E-state index is 12.7. The van der Waals surface area contributed by atoms with Crippen LogP contribution >= 0.6 is 0 Å². The topological polar surface area (TPSA) is 86.0 Å². The highest BCUT2D eigenvalue weighted by molar-refractivity contribution is 5.32. The summed E-state index contributed by atoms with van der Waals surface area (Å²) >= 11 is 0. The molecule has 0 aliphatic rings. The zero-order valence-corrected chi connectivity index (χ0v) is 10.2. The summed E-state index contributed by atoms with van der Waals surface area (Å²) in [5, 5.41) is 1.97. The minimum absolute atomic E-state index is 0.176. The number of nitrogens with two attached hydrogens (primary N) is 1. The maximum absolute atomic E-state index is 12.7. The molecule has 0 spiro atoms. The molecular formula is C9H13F4N5O. The molecule has 19 heavy (non-hydrogen) atoms. The van der Waals surface area contributed by atoms with Crippen molar-refractivity contribution in [3.05, 3.63) is 0 Å². The van der Waals surface area contributed by atoms with Gasteiger partial charge < -0.3 is 15.8 Å². The Balaban J connectivity index is 2.76. The average Bonchev–Trinajstić information content (AvgIpc) is 2.24. The van der Waals surface area contributed by atoms with Crippen LogP contribution in [0.2, 0.25) is 0 Å². The molecule has 10 heteroatoms. The Bertz CT molecular complexity index is 429. The quantitative estimate of drug-likeness (QED) is 0.770. The van der Waals surface area contributed by atoms with E-state index in [9.17, 15) is 17.6 Å². The molecule has 3 N–H and O–H groups in total. The first-order valence-electron chi connectivity index (χ1n) is 5.29. The largest absolute Gasteiger partial charge is 0.461 e. The van der Waals surface area contributed by atoms with Crippen LogP contribution in [0.25, 0.3) is 0 Å². The molecule has 0 saturated heterocycles. The van der Waals surface area contributed by atoms with Crippen molar-refractivity contribution in [3.8, 4) is 6.01 Å². The maximum Gasteiger partial charge on any atom is 0.324 e. The lowest BCUT2D eigenvalue weighted by Crippen LogP contribution is -2.35. The fourth-order valence-electron chi connectivity index (χ4n) is 0.989. The summed E-state index contributed by atoms with van der Waals surface area (Å²) in [5.41, 5.74) is 5.32. The van der Waals surface area contributed by atoms with Crippen LogP contribution in [0.4, 0.5) is 29.5 Å². The zero-order chi connectivity index (χ0) is 14.6. The molecule has 0 amide bonds. The second-order valence-corrected chi connectivity index (χ2v) is 3.88. The van der Waals surface area contributed by atoms with Gasteiger partial charge in [-0.15, -0.1) is 0 Å². The molecule has 0 radical (unpaired) electrons. The van der Waals surface area contributed by atoms with Crippen LogP contribution in [0.3, 0.4) is 0 Å². The van der Waals surface area contributed by atoms with E-state index in [1.54, 1.807) is 13.8 Å². The van der Waals surface area contributed by atoms with Gasteiger partial charge in [-0.1, -0.05) is 0 Å². The van der Waals surface area contributed by atoms with Crippen LogP contribution in [-0.2, 0) is 0 Å². The van der Waals surface area contributed by atoms with Crippen LogP contribution in [0.5, 0.6) is 6.01 Å². The number of alkyl halides is 4. The van der Waals surface area contributed by atoms with Crippen LogP contribution in [0.1, 0.15) is 13.8 Å². The molecule has 1 rings (SSSR count). The third-order valence-electron chi connectivity index (χ3n) is 1.77. The summed E-state index contributed by atoms with van der Waals surface area (Å²) in [6.07, 6.45) is -4.05. The van der Waals surface area contributed by atoms with Crippen molar-refractivity contribution in [2.24, 2.45) is 0 Å².